The van der Waals surface area contributed by atoms with Crippen molar-refractivity contribution in [2.45, 2.75) is 13.3 Å². The molecule has 2 aromatic carbocycles. The highest BCUT2D eigenvalue weighted by Crippen LogP contribution is 2.33. The van der Waals surface area contributed by atoms with Gasteiger partial charge in [-0.2, -0.15) is 0 Å². The maximum atomic E-state index is 13.7. The highest BCUT2D eigenvalue weighted by molar-refractivity contribution is 9.10. The summed E-state index contributed by atoms with van der Waals surface area (Å²) in [5.41, 5.74) is 2.73. The Bertz CT molecular complexity index is 782. The standard InChI is InChI=1S/C17H13BrFNS/c1-11-17(13-7-3-4-8-14(13)18)20-16(21-11)10-12-6-2-5-9-15(12)19/h2-9H,10H2,1H3. The van der Waals surface area contributed by atoms with E-state index in [-0.39, 0.29) is 5.82 Å². The second-order valence-corrected chi connectivity index (χ2v) is 6.90. The number of benzene rings is 2. The van der Waals surface area contributed by atoms with Gasteiger partial charge in [-0.25, -0.2) is 9.37 Å². The third kappa shape index (κ3) is 3.06. The Morgan fingerprint density at radius 2 is 1.81 bits per heavy atom. The molecule has 0 bridgehead atoms. The van der Waals surface area contributed by atoms with Gasteiger partial charge in [0.1, 0.15) is 5.82 Å². The van der Waals surface area contributed by atoms with Gasteiger partial charge in [-0.3, -0.25) is 0 Å². The van der Waals surface area contributed by atoms with Crippen molar-refractivity contribution < 1.29 is 4.39 Å². The molecule has 0 aliphatic heterocycles. The highest BCUT2D eigenvalue weighted by atomic mass is 79.9. The van der Waals surface area contributed by atoms with Gasteiger partial charge in [-0.15, -0.1) is 11.3 Å². The van der Waals surface area contributed by atoms with Crippen molar-refractivity contribution in [3.63, 3.8) is 0 Å². The van der Waals surface area contributed by atoms with Crippen LogP contribution in [0.3, 0.4) is 0 Å². The van der Waals surface area contributed by atoms with Crippen molar-refractivity contribution in [1.82, 2.24) is 4.98 Å². The molecule has 0 N–H and O–H groups in total. The van der Waals surface area contributed by atoms with Gasteiger partial charge in [0.05, 0.1) is 10.7 Å². The Balaban J connectivity index is 1.96. The van der Waals surface area contributed by atoms with E-state index >= 15 is 0 Å². The lowest BCUT2D eigenvalue weighted by molar-refractivity contribution is 0.614. The fourth-order valence-corrected chi connectivity index (χ4v) is 3.68. The van der Waals surface area contributed by atoms with Crippen LogP contribution >= 0.6 is 27.3 Å². The maximum absolute atomic E-state index is 13.7. The van der Waals surface area contributed by atoms with Gasteiger partial charge in [-0.1, -0.05) is 52.3 Å². The molecule has 0 radical (unpaired) electrons. The predicted molar refractivity (Wildman–Crippen MR) is 89.2 cm³/mol. The lowest BCUT2D eigenvalue weighted by Gasteiger charge is -2.01. The van der Waals surface area contributed by atoms with Gasteiger partial charge in [-0.05, 0) is 24.6 Å². The second kappa shape index (κ2) is 6.08. The normalized spacial score (nSPS) is 10.8. The van der Waals surface area contributed by atoms with Gasteiger partial charge >= 0.3 is 0 Å². The number of thiazole rings is 1. The smallest absolute Gasteiger partial charge is 0.126 e. The third-order valence-corrected chi connectivity index (χ3v) is 4.93. The molecular formula is C17H13BrFNS. The molecule has 0 saturated heterocycles. The van der Waals surface area contributed by atoms with Crippen LogP contribution in [0, 0.1) is 12.7 Å². The molecule has 3 aromatic rings. The minimum absolute atomic E-state index is 0.173. The summed E-state index contributed by atoms with van der Waals surface area (Å²) in [6, 6.07) is 14.9. The minimum atomic E-state index is -0.173. The first-order valence-corrected chi connectivity index (χ1v) is 8.20. The molecule has 21 heavy (non-hydrogen) atoms. The summed E-state index contributed by atoms with van der Waals surface area (Å²) < 4.78 is 14.8. The van der Waals surface area contributed by atoms with Crippen molar-refractivity contribution >= 4 is 27.3 Å². The summed E-state index contributed by atoms with van der Waals surface area (Å²) in [7, 11) is 0. The van der Waals surface area contributed by atoms with E-state index in [0.717, 1.165) is 25.6 Å². The molecule has 0 fully saturated rings. The summed E-state index contributed by atoms with van der Waals surface area (Å²) in [6.45, 7) is 2.05. The van der Waals surface area contributed by atoms with Gasteiger partial charge in [0.2, 0.25) is 0 Å². The Labute approximate surface area is 135 Å². The Kier molecular flexibility index (Phi) is 4.17. The summed E-state index contributed by atoms with van der Waals surface area (Å²) in [6.07, 6.45) is 0.530. The van der Waals surface area contributed by atoms with E-state index in [2.05, 4.69) is 22.9 Å². The minimum Gasteiger partial charge on any atom is -0.241 e. The number of hydrogen-bond donors (Lipinski definition) is 0. The first-order chi connectivity index (χ1) is 10.1. The molecule has 0 unspecified atom stereocenters. The molecule has 1 heterocycles. The van der Waals surface area contributed by atoms with Crippen molar-refractivity contribution in [2.75, 3.05) is 0 Å². The lowest BCUT2D eigenvalue weighted by Crippen LogP contribution is -1.91. The average Bonchev–Trinajstić information content (AvgIpc) is 2.83. The Hall–Kier alpha value is -1.52. The maximum Gasteiger partial charge on any atom is 0.126 e. The van der Waals surface area contributed by atoms with Crippen LogP contribution in [0.5, 0.6) is 0 Å². The largest absolute Gasteiger partial charge is 0.241 e. The van der Waals surface area contributed by atoms with Gasteiger partial charge in [0, 0.05) is 21.3 Å². The zero-order valence-electron chi connectivity index (χ0n) is 11.4. The third-order valence-electron chi connectivity index (χ3n) is 3.27. The van der Waals surface area contributed by atoms with E-state index in [1.54, 1.807) is 17.4 Å². The van der Waals surface area contributed by atoms with Crippen LogP contribution in [-0.2, 0) is 6.42 Å². The quantitative estimate of drug-likeness (QED) is 0.590. The van der Waals surface area contributed by atoms with Gasteiger partial charge in [0.25, 0.3) is 0 Å². The average molecular weight is 362 g/mol. The number of hydrogen-bond acceptors (Lipinski definition) is 2. The van der Waals surface area contributed by atoms with Crippen LogP contribution in [0.1, 0.15) is 15.4 Å². The molecule has 1 aromatic heterocycles. The van der Waals surface area contributed by atoms with E-state index in [9.17, 15) is 4.39 Å². The van der Waals surface area contributed by atoms with Gasteiger partial charge in [0.15, 0.2) is 0 Å². The fraction of sp³-hybridized carbons (Fsp3) is 0.118. The summed E-state index contributed by atoms with van der Waals surface area (Å²) >= 11 is 5.18. The van der Waals surface area contributed by atoms with E-state index < -0.39 is 0 Å². The molecule has 0 spiro atoms. The first-order valence-electron chi connectivity index (χ1n) is 6.60. The second-order valence-electron chi connectivity index (χ2n) is 4.76. The van der Waals surface area contributed by atoms with Crippen LogP contribution in [0.2, 0.25) is 0 Å². The molecule has 1 nitrogen and oxygen atoms in total. The zero-order chi connectivity index (χ0) is 14.8. The molecule has 0 atom stereocenters. The van der Waals surface area contributed by atoms with Crippen LogP contribution in [0.15, 0.2) is 53.0 Å². The molecule has 0 aliphatic carbocycles. The number of nitrogens with zero attached hydrogens (tertiary/aromatic N) is 1. The molecule has 0 saturated carbocycles. The molecule has 4 heteroatoms. The summed E-state index contributed by atoms with van der Waals surface area (Å²) in [4.78, 5) is 5.85. The van der Waals surface area contributed by atoms with E-state index in [1.165, 1.54) is 6.07 Å². The molecule has 3 rings (SSSR count). The summed E-state index contributed by atoms with van der Waals surface area (Å²) in [5.74, 6) is -0.173. The lowest BCUT2D eigenvalue weighted by atomic mass is 10.1. The number of halogens is 2. The topological polar surface area (TPSA) is 12.9 Å². The van der Waals surface area contributed by atoms with Crippen LogP contribution in [0.25, 0.3) is 11.3 Å². The predicted octanol–water partition coefficient (Wildman–Crippen LogP) is 5.61. The fourth-order valence-electron chi connectivity index (χ4n) is 2.23. The van der Waals surface area contributed by atoms with Crippen LogP contribution in [-0.4, -0.2) is 4.98 Å². The van der Waals surface area contributed by atoms with Crippen molar-refractivity contribution in [1.29, 1.82) is 0 Å². The van der Waals surface area contributed by atoms with Crippen LogP contribution in [0.4, 0.5) is 4.39 Å². The van der Waals surface area contributed by atoms with E-state index in [0.29, 0.717) is 12.0 Å². The number of rotatable bonds is 3. The summed E-state index contributed by atoms with van der Waals surface area (Å²) in [5, 5.41) is 0.934. The first kappa shape index (κ1) is 14.4. The SMILES string of the molecule is Cc1sc(Cc2ccccc2F)nc1-c1ccccc1Br. The Morgan fingerprint density at radius 1 is 1.10 bits per heavy atom. The molecule has 0 aliphatic rings. The number of aryl methyl sites for hydroxylation is 1. The molecular weight excluding hydrogens is 349 g/mol. The van der Waals surface area contributed by atoms with E-state index in [1.807, 2.05) is 36.4 Å². The van der Waals surface area contributed by atoms with Crippen molar-refractivity contribution in [3.05, 3.63) is 74.3 Å². The highest BCUT2D eigenvalue weighted by Gasteiger charge is 2.13. The monoisotopic (exact) mass is 361 g/mol. The molecule has 106 valence electrons. The zero-order valence-corrected chi connectivity index (χ0v) is 13.8. The van der Waals surface area contributed by atoms with Crippen molar-refractivity contribution in [2.24, 2.45) is 0 Å². The molecule has 0 amide bonds. The van der Waals surface area contributed by atoms with Gasteiger partial charge < -0.3 is 0 Å². The van der Waals surface area contributed by atoms with E-state index in [4.69, 9.17) is 4.98 Å². The Morgan fingerprint density at radius 3 is 2.57 bits per heavy atom. The van der Waals surface area contributed by atoms with Crippen LogP contribution < -0.4 is 0 Å². The van der Waals surface area contributed by atoms with Crippen molar-refractivity contribution in [3.8, 4) is 11.3 Å². The number of aromatic nitrogens is 1.